The van der Waals surface area contributed by atoms with Gasteiger partial charge < -0.3 is 14.9 Å². The predicted molar refractivity (Wildman–Crippen MR) is 64.0 cm³/mol. The highest BCUT2D eigenvalue weighted by atomic mass is 32.2. The number of sulfonamides is 1. The maximum atomic E-state index is 11.4. The fraction of sp³-hybridized carbons (Fsp3) is 0.667. The Kier molecular flexibility index (Phi) is 3.56. The summed E-state index contributed by atoms with van der Waals surface area (Å²) in [6.07, 6.45) is 1.62. The van der Waals surface area contributed by atoms with Crippen LogP contribution in [0.2, 0.25) is 0 Å². The highest BCUT2D eigenvalue weighted by molar-refractivity contribution is 7.89. The summed E-state index contributed by atoms with van der Waals surface area (Å²) >= 11 is 0. The largest absolute Gasteiger partial charge is 0.410 e. The monoisotopic (exact) mass is 290 g/mol. The van der Waals surface area contributed by atoms with E-state index in [-0.39, 0.29) is 18.3 Å². The van der Waals surface area contributed by atoms with Gasteiger partial charge in [-0.1, -0.05) is 0 Å². The van der Waals surface area contributed by atoms with Crippen LogP contribution in [0.1, 0.15) is 18.5 Å². The van der Waals surface area contributed by atoms with Gasteiger partial charge in [-0.3, -0.25) is 0 Å². The van der Waals surface area contributed by atoms with Crippen molar-refractivity contribution in [3.05, 3.63) is 15.8 Å². The quantitative estimate of drug-likeness (QED) is 0.610. The topological polar surface area (TPSA) is 130 Å². The smallest absolute Gasteiger partial charge is 0.376 e. The number of rotatable bonds is 4. The van der Waals surface area contributed by atoms with Gasteiger partial charge in [0.25, 0.3) is 0 Å². The Bertz CT molecular complexity index is 602. The first-order valence-electron chi connectivity index (χ1n) is 5.67. The molecule has 9 nitrogen and oxygen atoms in total. The van der Waals surface area contributed by atoms with Crippen molar-refractivity contribution < 1.29 is 18.1 Å². The van der Waals surface area contributed by atoms with Gasteiger partial charge in [-0.05, 0) is 24.7 Å². The average Bonchev–Trinajstić information content (AvgIpc) is 2.87. The van der Waals surface area contributed by atoms with Crippen LogP contribution in [-0.2, 0) is 21.3 Å². The van der Waals surface area contributed by atoms with Crippen LogP contribution < -0.4 is 5.14 Å². The summed E-state index contributed by atoms with van der Waals surface area (Å²) in [4.78, 5) is 9.47. The van der Waals surface area contributed by atoms with Gasteiger partial charge >= 0.3 is 5.82 Å². The van der Waals surface area contributed by atoms with Crippen molar-refractivity contribution in [3.63, 3.8) is 0 Å². The number of ether oxygens (including phenoxy) is 1. The summed E-state index contributed by atoms with van der Waals surface area (Å²) in [5.74, 6) is -0.738. The molecule has 1 unspecified atom stereocenters. The van der Waals surface area contributed by atoms with E-state index in [4.69, 9.17) is 9.88 Å². The average molecular weight is 290 g/mol. The molecule has 19 heavy (non-hydrogen) atoms. The zero-order chi connectivity index (χ0) is 14.2. The fourth-order valence-electron chi connectivity index (χ4n) is 2.13. The first-order valence-corrected chi connectivity index (χ1v) is 7.21. The van der Waals surface area contributed by atoms with Crippen LogP contribution in [0.4, 0.5) is 5.82 Å². The van der Waals surface area contributed by atoms with Crippen molar-refractivity contribution in [2.75, 3.05) is 6.61 Å². The SMILES string of the molecule is Cc1c(S(N)(=O)=O)c([N+](=O)[O-])nn1CC1CCCO1. The minimum absolute atomic E-state index is 0.105. The molecule has 1 aromatic rings. The minimum Gasteiger partial charge on any atom is -0.376 e. The molecular weight excluding hydrogens is 276 g/mol. The summed E-state index contributed by atoms with van der Waals surface area (Å²) in [5.41, 5.74) is 0.157. The Morgan fingerprint density at radius 1 is 1.63 bits per heavy atom. The highest BCUT2D eigenvalue weighted by Crippen LogP contribution is 2.26. The Hall–Kier alpha value is -1.52. The van der Waals surface area contributed by atoms with Crippen LogP contribution >= 0.6 is 0 Å². The van der Waals surface area contributed by atoms with Crippen LogP contribution in [0.5, 0.6) is 0 Å². The highest BCUT2D eigenvalue weighted by Gasteiger charge is 2.34. The number of primary sulfonamides is 1. The normalized spacial score (nSPS) is 19.8. The predicted octanol–water partition coefficient (Wildman–Crippen LogP) is -0.0739. The maximum absolute atomic E-state index is 11.4. The molecular formula is C9H14N4O5S. The summed E-state index contributed by atoms with van der Waals surface area (Å²) in [6, 6.07) is 0. The van der Waals surface area contributed by atoms with Gasteiger partial charge in [-0.15, -0.1) is 0 Å². The molecule has 0 aromatic carbocycles. The van der Waals surface area contributed by atoms with Gasteiger partial charge in [0.05, 0.1) is 23.4 Å². The van der Waals surface area contributed by atoms with Crippen molar-refractivity contribution in [3.8, 4) is 0 Å². The number of nitro groups is 1. The van der Waals surface area contributed by atoms with E-state index in [1.165, 1.54) is 11.6 Å². The summed E-state index contributed by atoms with van der Waals surface area (Å²) in [7, 11) is -4.19. The molecule has 1 saturated heterocycles. The van der Waals surface area contributed by atoms with Crippen molar-refractivity contribution >= 4 is 15.8 Å². The van der Waals surface area contributed by atoms with Crippen molar-refractivity contribution in [1.82, 2.24) is 9.78 Å². The van der Waals surface area contributed by atoms with E-state index in [0.717, 1.165) is 12.8 Å². The van der Waals surface area contributed by atoms with E-state index >= 15 is 0 Å². The Morgan fingerprint density at radius 3 is 2.74 bits per heavy atom. The van der Waals surface area contributed by atoms with Crippen molar-refractivity contribution in [1.29, 1.82) is 0 Å². The molecule has 0 saturated carbocycles. The van der Waals surface area contributed by atoms with Crippen LogP contribution in [0.3, 0.4) is 0 Å². The molecule has 0 radical (unpaired) electrons. The van der Waals surface area contributed by atoms with Crippen LogP contribution in [0, 0.1) is 17.0 Å². The number of hydrogen-bond acceptors (Lipinski definition) is 6. The molecule has 1 aromatic heterocycles. The molecule has 1 atom stereocenters. The van der Waals surface area contributed by atoms with Gasteiger partial charge in [0.2, 0.25) is 14.9 Å². The summed E-state index contributed by atoms with van der Waals surface area (Å²) in [6.45, 7) is 2.35. The van der Waals surface area contributed by atoms with Gasteiger partial charge in [0.1, 0.15) is 0 Å². The molecule has 106 valence electrons. The van der Waals surface area contributed by atoms with Crippen molar-refractivity contribution in [2.24, 2.45) is 5.14 Å². The lowest BCUT2D eigenvalue weighted by atomic mass is 10.2. The zero-order valence-corrected chi connectivity index (χ0v) is 11.1. The summed E-state index contributed by atoms with van der Waals surface area (Å²) in [5, 5.41) is 19.6. The molecule has 2 heterocycles. The lowest BCUT2D eigenvalue weighted by molar-refractivity contribution is -0.392. The van der Waals surface area contributed by atoms with Gasteiger partial charge in [0.15, 0.2) is 0 Å². The minimum atomic E-state index is -4.19. The molecule has 1 fully saturated rings. The first kappa shape index (κ1) is 13.9. The summed E-state index contributed by atoms with van der Waals surface area (Å²) < 4.78 is 29.5. The molecule has 10 heteroatoms. The second-order valence-electron chi connectivity index (χ2n) is 4.36. The Morgan fingerprint density at radius 2 is 2.32 bits per heavy atom. The van der Waals surface area contributed by atoms with E-state index in [0.29, 0.717) is 6.61 Å². The zero-order valence-electron chi connectivity index (χ0n) is 10.3. The Balaban J connectivity index is 2.43. The van der Waals surface area contributed by atoms with Crippen LogP contribution in [0.25, 0.3) is 0 Å². The van der Waals surface area contributed by atoms with Crippen LogP contribution in [-0.4, -0.2) is 35.8 Å². The number of nitrogens with zero attached hydrogens (tertiary/aromatic N) is 3. The third-order valence-corrected chi connectivity index (χ3v) is 4.04. The third-order valence-electron chi connectivity index (χ3n) is 2.99. The van der Waals surface area contributed by atoms with E-state index in [2.05, 4.69) is 5.10 Å². The number of hydrogen-bond donors (Lipinski definition) is 1. The number of aromatic nitrogens is 2. The molecule has 2 rings (SSSR count). The van der Waals surface area contributed by atoms with Crippen molar-refractivity contribution in [2.45, 2.75) is 37.3 Å². The van der Waals surface area contributed by atoms with Gasteiger partial charge in [0, 0.05) is 6.61 Å². The first-order chi connectivity index (χ1) is 8.80. The van der Waals surface area contributed by atoms with Gasteiger partial charge in [-0.2, -0.15) is 4.68 Å². The maximum Gasteiger partial charge on any atom is 0.410 e. The molecule has 0 bridgehead atoms. The molecule has 1 aliphatic heterocycles. The second kappa shape index (κ2) is 4.87. The lowest BCUT2D eigenvalue weighted by Crippen LogP contribution is -2.18. The second-order valence-corrected chi connectivity index (χ2v) is 5.86. The Labute approximate surface area is 109 Å². The van der Waals surface area contributed by atoms with Gasteiger partial charge in [-0.25, -0.2) is 13.6 Å². The van der Waals surface area contributed by atoms with E-state index < -0.39 is 25.7 Å². The van der Waals surface area contributed by atoms with E-state index in [9.17, 15) is 18.5 Å². The van der Waals surface area contributed by atoms with E-state index in [1.54, 1.807) is 0 Å². The van der Waals surface area contributed by atoms with E-state index in [1.807, 2.05) is 0 Å². The lowest BCUT2D eigenvalue weighted by Gasteiger charge is -2.07. The standard InChI is InChI=1S/C9H14N4O5S/c1-6-8(19(10,16)17)9(13(14)15)11-12(6)5-7-3-2-4-18-7/h7H,2-5H2,1H3,(H2,10,16,17). The molecule has 2 N–H and O–H groups in total. The third kappa shape index (κ3) is 2.74. The molecule has 0 amide bonds. The number of nitrogens with two attached hydrogens (primary N) is 1. The van der Waals surface area contributed by atoms with Crippen LogP contribution in [0.15, 0.2) is 4.90 Å². The molecule has 1 aliphatic rings. The molecule has 0 spiro atoms. The molecule has 0 aliphatic carbocycles. The fourth-order valence-corrected chi connectivity index (χ4v) is 3.01.